The van der Waals surface area contributed by atoms with Gasteiger partial charge in [0.2, 0.25) is 0 Å². The number of carbonyl (C=O) groups excluding carboxylic acids is 1. The van der Waals surface area contributed by atoms with Crippen molar-refractivity contribution in [3.8, 4) is 5.69 Å². The molecule has 1 heterocycles. The summed E-state index contributed by atoms with van der Waals surface area (Å²) in [5.74, 6) is -2.96. The van der Waals surface area contributed by atoms with Gasteiger partial charge in [0.05, 0.1) is 11.2 Å². The van der Waals surface area contributed by atoms with E-state index in [1.165, 1.54) is 12.1 Å². The Balaban J connectivity index is 2.45. The molecule has 2 rings (SSSR count). The topological polar surface area (TPSA) is 47.8 Å². The van der Waals surface area contributed by atoms with E-state index in [2.05, 4.69) is 10.3 Å². The summed E-state index contributed by atoms with van der Waals surface area (Å²) in [5, 5.41) is 6.25. The maximum Gasteiger partial charge on any atom is 0.456 e. The van der Waals surface area contributed by atoms with Crippen molar-refractivity contribution in [2.75, 3.05) is 0 Å². The Labute approximate surface area is 108 Å². The second-order valence-electron chi connectivity index (χ2n) is 3.45. The van der Waals surface area contributed by atoms with E-state index in [-0.39, 0.29) is 10.7 Å². The quantitative estimate of drug-likeness (QED) is 0.632. The van der Waals surface area contributed by atoms with Crippen LogP contribution in [-0.2, 0) is 0 Å². The number of rotatable bonds is 2. The maximum atomic E-state index is 13.5. The zero-order chi connectivity index (χ0) is 14.2. The lowest BCUT2D eigenvalue weighted by Crippen LogP contribution is -2.23. The summed E-state index contributed by atoms with van der Waals surface area (Å²) in [6.07, 6.45) is -4.40. The van der Waals surface area contributed by atoms with E-state index in [4.69, 9.17) is 11.6 Å². The van der Waals surface area contributed by atoms with Gasteiger partial charge in [0, 0.05) is 0 Å². The van der Waals surface area contributed by atoms with Crippen molar-refractivity contribution in [3.63, 3.8) is 0 Å². The van der Waals surface area contributed by atoms with Crippen molar-refractivity contribution >= 4 is 17.4 Å². The predicted molar refractivity (Wildman–Crippen MR) is 56.7 cm³/mol. The van der Waals surface area contributed by atoms with E-state index in [1.807, 2.05) is 0 Å². The lowest BCUT2D eigenvalue weighted by Gasteiger charge is -2.04. The van der Waals surface area contributed by atoms with Crippen LogP contribution in [0.25, 0.3) is 5.69 Å². The Morgan fingerprint density at radius 3 is 2.58 bits per heavy atom. The molecule has 0 aliphatic rings. The van der Waals surface area contributed by atoms with Crippen molar-refractivity contribution in [3.05, 3.63) is 40.9 Å². The molecule has 1 aromatic heterocycles. The summed E-state index contributed by atoms with van der Waals surface area (Å²) in [7, 11) is 0. The normalized spacial score (nSPS) is 11.6. The fourth-order valence-corrected chi connectivity index (χ4v) is 1.58. The van der Waals surface area contributed by atoms with Crippen LogP contribution in [0.3, 0.4) is 0 Å². The molecule has 0 saturated carbocycles. The van der Waals surface area contributed by atoms with Crippen LogP contribution < -0.4 is 0 Å². The molecule has 0 spiro atoms. The zero-order valence-corrected chi connectivity index (χ0v) is 9.71. The highest BCUT2D eigenvalue weighted by atomic mass is 35.5. The number of hydrogen-bond acceptors (Lipinski definition) is 3. The molecule has 0 fully saturated rings. The maximum absolute atomic E-state index is 13.5. The van der Waals surface area contributed by atoms with Gasteiger partial charge in [0.25, 0.3) is 5.78 Å². The van der Waals surface area contributed by atoms with Crippen molar-refractivity contribution < 1.29 is 22.4 Å². The standard InChI is InChI=1S/C10H4ClF4N3O/c11-5-2-1-3-6(12)8(5)18-4-7(16-17-18)9(19)10(13,14)15/h1-4H. The van der Waals surface area contributed by atoms with Gasteiger partial charge in [-0.3, -0.25) is 4.79 Å². The van der Waals surface area contributed by atoms with Crippen LogP contribution in [0, 0.1) is 5.82 Å². The minimum Gasteiger partial charge on any atom is -0.282 e. The summed E-state index contributed by atoms with van der Waals surface area (Å²) in [6, 6.07) is 3.70. The number of ketones is 1. The number of para-hydroxylation sites is 1. The molecule has 100 valence electrons. The first-order valence-corrected chi connectivity index (χ1v) is 5.17. The van der Waals surface area contributed by atoms with Crippen LogP contribution in [0.5, 0.6) is 0 Å². The van der Waals surface area contributed by atoms with E-state index >= 15 is 0 Å². The van der Waals surface area contributed by atoms with Crippen LogP contribution in [0.15, 0.2) is 24.4 Å². The van der Waals surface area contributed by atoms with Gasteiger partial charge in [-0.05, 0) is 12.1 Å². The summed E-state index contributed by atoms with van der Waals surface area (Å²) in [4.78, 5) is 10.9. The summed E-state index contributed by atoms with van der Waals surface area (Å²) < 4.78 is 50.7. The molecule has 0 radical (unpaired) electrons. The Morgan fingerprint density at radius 1 is 1.32 bits per heavy atom. The van der Waals surface area contributed by atoms with Gasteiger partial charge in [0.15, 0.2) is 5.69 Å². The van der Waals surface area contributed by atoms with Gasteiger partial charge in [0.1, 0.15) is 11.5 Å². The summed E-state index contributed by atoms with van der Waals surface area (Å²) >= 11 is 5.71. The van der Waals surface area contributed by atoms with E-state index in [9.17, 15) is 22.4 Å². The molecule has 9 heteroatoms. The third kappa shape index (κ3) is 2.58. The molecule has 0 N–H and O–H groups in total. The number of nitrogens with zero attached hydrogens (tertiary/aromatic N) is 3. The van der Waals surface area contributed by atoms with E-state index in [1.54, 1.807) is 0 Å². The highest BCUT2D eigenvalue weighted by Gasteiger charge is 2.41. The second kappa shape index (κ2) is 4.61. The molecular formula is C10H4ClF4N3O. The van der Waals surface area contributed by atoms with Crippen molar-refractivity contribution in [2.45, 2.75) is 6.18 Å². The Morgan fingerprint density at radius 2 is 2.00 bits per heavy atom. The molecule has 4 nitrogen and oxygen atoms in total. The molecule has 0 unspecified atom stereocenters. The first kappa shape index (κ1) is 13.5. The number of halogens is 5. The monoisotopic (exact) mass is 293 g/mol. The Bertz CT molecular complexity index is 618. The van der Waals surface area contributed by atoms with Gasteiger partial charge in [-0.1, -0.05) is 22.9 Å². The first-order chi connectivity index (χ1) is 8.80. The van der Waals surface area contributed by atoms with E-state index in [0.717, 1.165) is 6.07 Å². The minimum absolute atomic E-state index is 0.0732. The molecule has 0 saturated heterocycles. The fourth-order valence-electron chi connectivity index (χ4n) is 1.33. The summed E-state index contributed by atoms with van der Waals surface area (Å²) in [6.45, 7) is 0. The van der Waals surface area contributed by atoms with Crippen LogP contribution in [0.4, 0.5) is 17.6 Å². The molecule has 0 atom stereocenters. The number of hydrogen-bond donors (Lipinski definition) is 0. The Kier molecular flexibility index (Phi) is 3.27. The number of aromatic nitrogens is 3. The summed E-state index contributed by atoms with van der Waals surface area (Å²) in [5.41, 5.74) is -1.22. The SMILES string of the molecule is O=C(c1cn(-c2c(F)cccc2Cl)nn1)C(F)(F)F. The lowest BCUT2D eigenvalue weighted by atomic mass is 10.3. The van der Waals surface area contributed by atoms with Crippen LogP contribution in [0.1, 0.15) is 10.5 Å². The van der Waals surface area contributed by atoms with Crippen LogP contribution in [-0.4, -0.2) is 27.0 Å². The number of Topliss-reactive ketones (excluding diaryl/α,β-unsaturated/α-hetero) is 1. The average molecular weight is 294 g/mol. The lowest BCUT2D eigenvalue weighted by molar-refractivity contribution is -0.0888. The van der Waals surface area contributed by atoms with Crippen molar-refractivity contribution in [2.24, 2.45) is 0 Å². The largest absolute Gasteiger partial charge is 0.456 e. The molecule has 19 heavy (non-hydrogen) atoms. The van der Waals surface area contributed by atoms with Gasteiger partial charge in [-0.25, -0.2) is 9.07 Å². The Hall–Kier alpha value is -1.96. The molecule has 2 aromatic rings. The van der Waals surface area contributed by atoms with E-state index < -0.39 is 23.5 Å². The molecule has 0 aliphatic carbocycles. The molecule has 0 bridgehead atoms. The number of benzene rings is 1. The average Bonchev–Trinajstić information content (AvgIpc) is 2.75. The molecule has 1 aromatic carbocycles. The fraction of sp³-hybridized carbons (Fsp3) is 0.100. The number of carbonyl (C=O) groups is 1. The zero-order valence-electron chi connectivity index (χ0n) is 8.95. The molecule has 0 aliphatic heterocycles. The smallest absolute Gasteiger partial charge is 0.282 e. The van der Waals surface area contributed by atoms with Crippen molar-refractivity contribution in [1.29, 1.82) is 0 Å². The third-order valence-corrected chi connectivity index (χ3v) is 2.46. The van der Waals surface area contributed by atoms with Crippen molar-refractivity contribution in [1.82, 2.24) is 15.0 Å². The van der Waals surface area contributed by atoms with E-state index in [0.29, 0.717) is 10.9 Å². The van der Waals surface area contributed by atoms with Gasteiger partial charge < -0.3 is 0 Å². The van der Waals surface area contributed by atoms with Crippen LogP contribution >= 0.6 is 11.6 Å². The highest BCUT2D eigenvalue weighted by Crippen LogP contribution is 2.24. The van der Waals surface area contributed by atoms with Gasteiger partial charge in [-0.15, -0.1) is 5.10 Å². The second-order valence-corrected chi connectivity index (χ2v) is 3.85. The number of alkyl halides is 3. The van der Waals surface area contributed by atoms with Crippen LogP contribution in [0.2, 0.25) is 5.02 Å². The third-order valence-electron chi connectivity index (χ3n) is 2.15. The minimum atomic E-state index is -5.07. The van der Waals surface area contributed by atoms with Gasteiger partial charge in [-0.2, -0.15) is 13.2 Å². The molecular weight excluding hydrogens is 290 g/mol. The first-order valence-electron chi connectivity index (χ1n) is 4.79. The predicted octanol–water partition coefficient (Wildman–Crippen LogP) is 2.80. The highest BCUT2D eigenvalue weighted by molar-refractivity contribution is 6.32. The molecule has 0 amide bonds. The van der Waals surface area contributed by atoms with Gasteiger partial charge >= 0.3 is 6.18 Å².